The van der Waals surface area contributed by atoms with Crippen molar-refractivity contribution in [2.24, 2.45) is 17.8 Å². The Bertz CT molecular complexity index is 196. The SMILES string of the molecule is CCCC(=O)C1CCCC(C(C)C)CC1. The van der Waals surface area contributed by atoms with Crippen LogP contribution in [0.3, 0.4) is 0 Å². The van der Waals surface area contributed by atoms with Crippen molar-refractivity contribution in [1.82, 2.24) is 0 Å². The fraction of sp³-hybridized carbons (Fsp3) is 0.929. The largest absolute Gasteiger partial charge is 0.299 e. The average molecular weight is 210 g/mol. The predicted octanol–water partition coefficient (Wildman–Crippen LogP) is 4.21. The van der Waals surface area contributed by atoms with Crippen molar-refractivity contribution in [3.05, 3.63) is 0 Å². The molecule has 1 nitrogen and oxygen atoms in total. The van der Waals surface area contributed by atoms with Crippen molar-refractivity contribution in [2.45, 2.75) is 65.7 Å². The Kier molecular flexibility index (Phi) is 5.35. The van der Waals surface area contributed by atoms with Crippen LogP contribution in [0.5, 0.6) is 0 Å². The van der Waals surface area contributed by atoms with Crippen LogP contribution in [0.2, 0.25) is 0 Å². The molecule has 1 saturated carbocycles. The molecule has 1 rings (SSSR count). The fourth-order valence-electron chi connectivity index (χ4n) is 2.77. The topological polar surface area (TPSA) is 17.1 Å². The van der Waals surface area contributed by atoms with Crippen LogP contribution in [0.25, 0.3) is 0 Å². The highest BCUT2D eigenvalue weighted by Crippen LogP contribution is 2.32. The monoisotopic (exact) mass is 210 g/mol. The highest BCUT2D eigenvalue weighted by Gasteiger charge is 2.24. The Hall–Kier alpha value is -0.330. The minimum Gasteiger partial charge on any atom is -0.299 e. The second kappa shape index (κ2) is 6.30. The average Bonchev–Trinajstić information content (AvgIpc) is 2.43. The van der Waals surface area contributed by atoms with Crippen molar-refractivity contribution >= 4 is 5.78 Å². The summed E-state index contributed by atoms with van der Waals surface area (Å²) in [6.45, 7) is 6.74. The van der Waals surface area contributed by atoms with Gasteiger partial charge in [-0.05, 0) is 37.5 Å². The maximum Gasteiger partial charge on any atom is 0.135 e. The van der Waals surface area contributed by atoms with Gasteiger partial charge in [0.1, 0.15) is 5.78 Å². The Morgan fingerprint density at radius 1 is 1.20 bits per heavy atom. The quantitative estimate of drug-likeness (QED) is 0.635. The van der Waals surface area contributed by atoms with Crippen LogP contribution < -0.4 is 0 Å². The summed E-state index contributed by atoms with van der Waals surface area (Å²) in [4.78, 5) is 11.8. The Balaban J connectivity index is 2.42. The molecule has 2 unspecified atom stereocenters. The van der Waals surface area contributed by atoms with E-state index in [9.17, 15) is 4.79 Å². The van der Waals surface area contributed by atoms with Crippen molar-refractivity contribution in [2.75, 3.05) is 0 Å². The minimum absolute atomic E-state index is 0.397. The van der Waals surface area contributed by atoms with Crippen LogP contribution in [0.1, 0.15) is 65.7 Å². The highest BCUT2D eigenvalue weighted by atomic mass is 16.1. The molecule has 0 aromatic heterocycles. The second-order valence-corrected chi connectivity index (χ2v) is 5.43. The second-order valence-electron chi connectivity index (χ2n) is 5.43. The van der Waals surface area contributed by atoms with E-state index in [0.29, 0.717) is 11.7 Å². The molecule has 0 spiro atoms. The van der Waals surface area contributed by atoms with E-state index in [-0.39, 0.29) is 0 Å². The number of carbonyl (C=O) groups is 1. The smallest absolute Gasteiger partial charge is 0.135 e. The van der Waals surface area contributed by atoms with Gasteiger partial charge >= 0.3 is 0 Å². The van der Waals surface area contributed by atoms with Gasteiger partial charge in [0.05, 0.1) is 0 Å². The molecule has 0 heterocycles. The summed E-state index contributed by atoms with van der Waals surface area (Å²) in [5.74, 6) is 2.59. The first-order chi connectivity index (χ1) is 7.15. The maximum atomic E-state index is 11.8. The van der Waals surface area contributed by atoms with Gasteiger partial charge in [-0.25, -0.2) is 0 Å². The Labute approximate surface area is 94.6 Å². The van der Waals surface area contributed by atoms with Gasteiger partial charge in [-0.1, -0.05) is 33.6 Å². The van der Waals surface area contributed by atoms with Gasteiger partial charge in [-0.3, -0.25) is 4.79 Å². The molecule has 0 aromatic rings. The lowest BCUT2D eigenvalue weighted by molar-refractivity contribution is -0.123. The first-order valence-corrected chi connectivity index (χ1v) is 6.67. The van der Waals surface area contributed by atoms with Gasteiger partial charge in [0.25, 0.3) is 0 Å². The van der Waals surface area contributed by atoms with E-state index in [4.69, 9.17) is 0 Å². The van der Waals surface area contributed by atoms with Gasteiger partial charge in [0.15, 0.2) is 0 Å². The zero-order valence-corrected chi connectivity index (χ0v) is 10.6. The van der Waals surface area contributed by atoms with E-state index in [1.54, 1.807) is 0 Å². The number of carbonyl (C=O) groups excluding carboxylic acids is 1. The molecule has 0 radical (unpaired) electrons. The third kappa shape index (κ3) is 3.96. The molecule has 88 valence electrons. The summed E-state index contributed by atoms with van der Waals surface area (Å²) in [6.07, 6.45) is 8.01. The van der Waals surface area contributed by atoms with Crippen LogP contribution in [0.4, 0.5) is 0 Å². The Morgan fingerprint density at radius 2 is 1.93 bits per heavy atom. The minimum atomic E-state index is 0.397. The van der Waals surface area contributed by atoms with Gasteiger partial charge in [-0.2, -0.15) is 0 Å². The van der Waals surface area contributed by atoms with Gasteiger partial charge in [-0.15, -0.1) is 0 Å². The van der Waals surface area contributed by atoms with Crippen LogP contribution >= 0.6 is 0 Å². The molecular weight excluding hydrogens is 184 g/mol. The molecule has 2 atom stereocenters. The molecule has 0 bridgehead atoms. The molecular formula is C14H26O. The normalized spacial score (nSPS) is 27.7. The molecule has 0 aliphatic heterocycles. The molecule has 0 saturated heterocycles. The molecule has 1 aliphatic carbocycles. The van der Waals surface area contributed by atoms with Gasteiger partial charge in [0.2, 0.25) is 0 Å². The molecule has 0 N–H and O–H groups in total. The van der Waals surface area contributed by atoms with Crippen LogP contribution in [-0.4, -0.2) is 5.78 Å². The van der Waals surface area contributed by atoms with E-state index in [1.807, 2.05) is 0 Å². The zero-order chi connectivity index (χ0) is 11.3. The summed E-state index contributed by atoms with van der Waals surface area (Å²) in [5, 5.41) is 0. The van der Waals surface area contributed by atoms with Crippen molar-refractivity contribution in [3.8, 4) is 0 Å². The lowest BCUT2D eigenvalue weighted by atomic mass is 9.88. The summed E-state index contributed by atoms with van der Waals surface area (Å²) in [6, 6.07) is 0. The molecule has 0 aromatic carbocycles. The summed E-state index contributed by atoms with van der Waals surface area (Å²) in [5.41, 5.74) is 0. The van der Waals surface area contributed by atoms with Crippen LogP contribution in [-0.2, 0) is 4.79 Å². The van der Waals surface area contributed by atoms with E-state index in [0.717, 1.165) is 37.5 Å². The van der Waals surface area contributed by atoms with E-state index >= 15 is 0 Å². The summed E-state index contributed by atoms with van der Waals surface area (Å²) < 4.78 is 0. The first-order valence-electron chi connectivity index (χ1n) is 6.67. The standard InChI is InChI=1S/C14H26O/c1-4-6-14(15)13-8-5-7-12(9-10-13)11(2)3/h11-13H,4-10H2,1-3H3. The van der Waals surface area contributed by atoms with Gasteiger partial charge in [0, 0.05) is 12.3 Å². The number of Topliss-reactive ketones (excluding diaryl/α,β-unsaturated/α-hetero) is 1. The summed E-state index contributed by atoms with van der Waals surface area (Å²) >= 11 is 0. The predicted molar refractivity (Wildman–Crippen MR) is 64.8 cm³/mol. The van der Waals surface area contributed by atoms with E-state index < -0.39 is 0 Å². The molecule has 1 fully saturated rings. The third-order valence-electron chi connectivity index (χ3n) is 3.91. The van der Waals surface area contributed by atoms with Crippen LogP contribution in [0.15, 0.2) is 0 Å². The number of hydrogen-bond donors (Lipinski definition) is 0. The molecule has 1 heteroatoms. The van der Waals surface area contributed by atoms with Crippen molar-refractivity contribution in [1.29, 1.82) is 0 Å². The first kappa shape index (κ1) is 12.7. The van der Waals surface area contributed by atoms with Crippen LogP contribution in [0, 0.1) is 17.8 Å². The lowest BCUT2D eigenvalue weighted by Crippen LogP contribution is -2.13. The Morgan fingerprint density at radius 3 is 2.53 bits per heavy atom. The maximum absolute atomic E-state index is 11.8. The lowest BCUT2D eigenvalue weighted by Gasteiger charge is -2.18. The van der Waals surface area contributed by atoms with Crippen molar-refractivity contribution in [3.63, 3.8) is 0 Å². The summed E-state index contributed by atoms with van der Waals surface area (Å²) in [7, 11) is 0. The van der Waals surface area contributed by atoms with Crippen molar-refractivity contribution < 1.29 is 4.79 Å². The van der Waals surface area contributed by atoms with E-state index in [1.165, 1.54) is 19.3 Å². The zero-order valence-electron chi connectivity index (χ0n) is 10.6. The number of hydrogen-bond acceptors (Lipinski definition) is 1. The van der Waals surface area contributed by atoms with Gasteiger partial charge < -0.3 is 0 Å². The van der Waals surface area contributed by atoms with E-state index in [2.05, 4.69) is 20.8 Å². The molecule has 0 amide bonds. The fourth-order valence-corrected chi connectivity index (χ4v) is 2.77. The number of ketones is 1. The molecule has 1 aliphatic rings. The molecule has 15 heavy (non-hydrogen) atoms. The highest BCUT2D eigenvalue weighted by molar-refractivity contribution is 5.80. The number of rotatable bonds is 4. The third-order valence-corrected chi connectivity index (χ3v) is 3.91.